The van der Waals surface area contributed by atoms with Crippen LogP contribution in [-0.4, -0.2) is 88.3 Å². The molecule has 1 heterocycles. The molecule has 1 saturated heterocycles. The first-order valence-corrected chi connectivity index (χ1v) is 14.0. The Morgan fingerprint density at radius 2 is 1.57 bits per heavy atom. The second-order valence-electron chi connectivity index (χ2n) is 7.73. The number of para-hydroxylation sites is 1. The van der Waals surface area contributed by atoms with Crippen LogP contribution in [0.1, 0.15) is 5.56 Å². The summed E-state index contributed by atoms with van der Waals surface area (Å²) in [4.78, 5) is 9.02. The first kappa shape index (κ1) is 30.5. The molecule has 15 heteroatoms. The predicted octanol–water partition coefficient (Wildman–Crippen LogP) is 1.75. The minimum absolute atomic E-state index is 0.0122. The van der Waals surface area contributed by atoms with Crippen molar-refractivity contribution in [2.24, 2.45) is 0 Å². The number of nitrogens with one attached hydrogen (secondary N) is 1. The Labute approximate surface area is 213 Å². The highest BCUT2D eigenvalue weighted by molar-refractivity contribution is 7.90. The minimum atomic E-state index is -5.08. The average molecular weight is 568 g/mol. The van der Waals surface area contributed by atoms with Crippen molar-refractivity contribution in [3.63, 3.8) is 0 Å². The van der Waals surface area contributed by atoms with Crippen LogP contribution in [0.2, 0.25) is 0 Å². The van der Waals surface area contributed by atoms with Gasteiger partial charge in [-0.3, -0.25) is 0 Å². The van der Waals surface area contributed by atoms with E-state index in [2.05, 4.69) is 5.32 Å². The number of hydrogen-bond donors (Lipinski definition) is 2. The maximum absolute atomic E-state index is 13.3. The summed E-state index contributed by atoms with van der Waals surface area (Å²) < 4.78 is 91.9. The standard InChI is InChI=1S/C20H27N3O5S2.C2HF3O2/c1-28-20-10-6-5-7-18(20)17-23(30(26,27)19-8-3-2-4-9-19)15-16-29(24,25)22-13-11-21-12-14-22;3-2(4,5)1(6)7/h2-10,21H,11-17H2,1H3;(H,6,7). The van der Waals surface area contributed by atoms with Gasteiger partial charge < -0.3 is 15.2 Å². The van der Waals surface area contributed by atoms with E-state index in [9.17, 15) is 30.0 Å². The molecule has 0 aliphatic carbocycles. The van der Waals surface area contributed by atoms with Gasteiger partial charge >= 0.3 is 12.1 Å². The molecule has 0 aromatic heterocycles. The number of nitrogens with zero attached hydrogens (tertiary/aromatic N) is 2. The molecule has 0 atom stereocenters. The molecule has 1 aliphatic heterocycles. The molecule has 10 nitrogen and oxygen atoms in total. The van der Waals surface area contributed by atoms with Gasteiger partial charge in [0.1, 0.15) is 5.75 Å². The molecule has 2 N–H and O–H groups in total. The third-order valence-electron chi connectivity index (χ3n) is 5.23. The summed E-state index contributed by atoms with van der Waals surface area (Å²) in [5, 5.41) is 10.2. The van der Waals surface area contributed by atoms with Gasteiger partial charge in [-0.1, -0.05) is 36.4 Å². The zero-order valence-corrected chi connectivity index (χ0v) is 21.5. The lowest BCUT2D eigenvalue weighted by atomic mass is 10.2. The lowest BCUT2D eigenvalue weighted by Crippen LogP contribution is -2.48. The number of carboxylic acids is 1. The van der Waals surface area contributed by atoms with E-state index in [1.165, 1.54) is 27.9 Å². The Morgan fingerprint density at radius 3 is 2.11 bits per heavy atom. The first-order chi connectivity index (χ1) is 17.3. The van der Waals surface area contributed by atoms with Crippen molar-refractivity contribution in [3.8, 4) is 5.75 Å². The zero-order valence-electron chi connectivity index (χ0n) is 19.9. The number of benzene rings is 2. The van der Waals surface area contributed by atoms with E-state index in [0.717, 1.165) is 0 Å². The highest BCUT2D eigenvalue weighted by Gasteiger charge is 2.38. The third-order valence-corrected chi connectivity index (χ3v) is 8.94. The van der Waals surface area contributed by atoms with Crippen molar-refractivity contribution in [3.05, 3.63) is 60.2 Å². The van der Waals surface area contributed by atoms with Crippen molar-refractivity contribution in [2.75, 3.05) is 45.6 Å². The summed E-state index contributed by atoms with van der Waals surface area (Å²) in [7, 11) is -5.95. The van der Waals surface area contributed by atoms with Crippen molar-refractivity contribution in [1.29, 1.82) is 0 Å². The number of carbonyl (C=O) groups is 1. The second-order valence-corrected chi connectivity index (χ2v) is 11.8. The minimum Gasteiger partial charge on any atom is -0.496 e. The molecule has 37 heavy (non-hydrogen) atoms. The fourth-order valence-corrected chi connectivity index (χ4v) is 6.32. The molecular weight excluding hydrogens is 539 g/mol. The van der Waals surface area contributed by atoms with Gasteiger partial charge in [-0.15, -0.1) is 0 Å². The molecule has 2 aromatic rings. The van der Waals surface area contributed by atoms with Crippen LogP contribution in [-0.2, 0) is 31.4 Å². The van der Waals surface area contributed by atoms with Gasteiger partial charge in [0.25, 0.3) is 0 Å². The van der Waals surface area contributed by atoms with E-state index in [1.807, 2.05) is 0 Å². The monoisotopic (exact) mass is 567 g/mol. The Kier molecular flexibility index (Phi) is 10.9. The van der Waals surface area contributed by atoms with Gasteiger partial charge in [0.2, 0.25) is 20.0 Å². The third kappa shape index (κ3) is 8.96. The summed E-state index contributed by atoms with van der Waals surface area (Å²) in [5.74, 6) is -2.49. The van der Waals surface area contributed by atoms with E-state index < -0.39 is 32.2 Å². The zero-order chi connectivity index (χ0) is 27.7. The normalized spacial score (nSPS) is 15.1. The number of rotatable bonds is 9. The summed E-state index contributed by atoms with van der Waals surface area (Å²) >= 11 is 0. The molecule has 1 fully saturated rings. The molecule has 1 aliphatic rings. The largest absolute Gasteiger partial charge is 0.496 e. The molecule has 0 spiro atoms. The van der Waals surface area contributed by atoms with Gasteiger partial charge in [0, 0.05) is 44.8 Å². The van der Waals surface area contributed by atoms with Crippen LogP contribution in [0, 0.1) is 0 Å². The number of hydrogen-bond acceptors (Lipinski definition) is 7. The van der Waals surface area contributed by atoms with E-state index in [4.69, 9.17) is 14.6 Å². The maximum atomic E-state index is 13.3. The molecule has 0 bridgehead atoms. The number of sulfonamides is 2. The number of methoxy groups -OCH3 is 1. The van der Waals surface area contributed by atoms with Crippen LogP contribution in [0.25, 0.3) is 0 Å². The van der Waals surface area contributed by atoms with Crippen molar-refractivity contribution in [1.82, 2.24) is 13.9 Å². The number of alkyl halides is 3. The van der Waals surface area contributed by atoms with E-state index in [1.54, 1.807) is 42.5 Å². The summed E-state index contributed by atoms with van der Waals surface area (Å²) in [5.41, 5.74) is 0.666. The van der Waals surface area contributed by atoms with Crippen molar-refractivity contribution in [2.45, 2.75) is 17.6 Å². The molecule has 0 radical (unpaired) electrons. The van der Waals surface area contributed by atoms with Gasteiger partial charge in [-0.25, -0.2) is 21.6 Å². The molecule has 206 valence electrons. The number of aliphatic carboxylic acids is 1. The molecule has 2 aromatic carbocycles. The van der Waals surface area contributed by atoms with Crippen molar-refractivity contribution >= 4 is 26.0 Å². The fourth-order valence-electron chi connectivity index (χ4n) is 3.32. The number of piperazine rings is 1. The van der Waals surface area contributed by atoms with Crippen LogP contribution >= 0.6 is 0 Å². The van der Waals surface area contributed by atoms with E-state index in [0.29, 0.717) is 37.5 Å². The molecule has 0 amide bonds. The number of ether oxygens (including phenoxy) is 1. The van der Waals surface area contributed by atoms with Crippen LogP contribution in [0.4, 0.5) is 13.2 Å². The van der Waals surface area contributed by atoms with Gasteiger partial charge in [-0.2, -0.15) is 21.8 Å². The SMILES string of the molecule is COc1ccccc1CN(CCS(=O)(=O)N1CCNCC1)S(=O)(=O)c1ccccc1.O=C(O)C(F)(F)F. The molecule has 0 unspecified atom stereocenters. The van der Waals surface area contributed by atoms with Crippen LogP contribution < -0.4 is 10.1 Å². The smallest absolute Gasteiger partial charge is 0.490 e. The molecular formula is C22H28F3N3O7S2. The Bertz CT molecular complexity index is 1240. The lowest BCUT2D eigenvalue weighted by Gasteiger charge is -2.28. The lowest BCUT2D eigenvalue weighted by molar-refractivity contribution is -0.192. The fraction of sp³-hybridized carbons (Fsp3) is 0.409. The van der Waals surface area contributed by atoms with E-state index >= 15 is 0 Å². The second kappa shape index (κ2) is 13.2. The summed E-state index contributed by atoms with van der Waals surface area (Å²) in [6, 6.07) is 15.2. The topological polar surface area (TPSA) is 133 Å². The quantitative estimate of drug-likeness (QED) is 0.469. The molecule has 3 rings (SSSR count). The van der Waals surface area contributed by atoms with Gasteiger partial charge in [0.05, 0.1) is 17.8 Å². The van der Waals surface area contributed by atoms with Crippen LogP contribution in [0.3, 0.4) is 0 Å². The van der Waals surface area contributed by atoms with Crippen LogP contribution in [0.15, 0.2) is 59.5 Å². The Balaban J connectivity index is 0.000000604. The average Bonchev–Trinajstić information content (AvgIpc) is 2.87. The Morgan fingerprint density at radius 1 is 1.03 bits per heavy atom. The first-order valence-electron chi connectivity index (χ1n) is 10.9. The molecule has 0 saturated carbocycles. The maximum Gasteiger partial charge on any atom is 0.490 e. The summed E-state index contributed by atoms with van der Waals surface area (Å²) in [6.07, 6.45) is -5.08. The number of carboxylic acid groups (broad SMARTS) is 1. The highest BCUT2D eigenvalue weighted by Crippen LogP contribution is 2.24. The summed E-state index contributed by atoms with van der Waals surface area (Å²) in [6.45, 7) is 1.82. The van der Waals surface area contributed by atoms with E-state index in [-0.39, 0.29) is 23.7 Å². The Hall–Kier alpha value is -2.72. The van der Waals surface area contributed by atoms with Gasteiger partial charge in [-0.05, 0) is 18.2 Å². The van der Waals surface area contributed by atoms with Crippen molar-refractivity contribution < 1.29 is 44.6 Å². The predicted molar refractivity (Wildman–Crippen MR) is 129 cm³/mol. The highest BCUT2D eigenvalue weighted by atomic mass is 32.2. The number of halogens is 3. The van der Waals surface area contributed by atoms with Crippen LogP contribution in [0.5, 0.6) is 5.75 Å². The van der Waals surface area contributed by atoms with Gasteiger partial charge in [0.15, 0.2) is 0 Å².